The van der Waals surface area contributed by atoms with E-state index in [2.05, 4.69) is 5.32 Å². The molecule has 118 valence electrons. The first-order chi connectivity index (χ1) is 9.85. The molecule has 0 amide bonds. The molecule has 2 N–H and O–H groups in total. The van der Waals surface area contributed by atoms with E-state index < -0.39 is 6.10 Å². The predicted molar refractivity (Wildman–Crippen MR) is 81.6 cm³/mol. The average molecular weight is 295 g/mol. The highest BCUT2D eigenvalue weighted by Crippen LogP contribution is 2.40. The third kappa shape index (κ3) is 5.73. The maximum absolute atomic E-state index is 13.0. The molecule has 1 aromatic rings. The van der Waals surface area contributed by atoms with E-state index in [1.165, 1.54) is 25.0 Å². The van der Waals surface area contributed by atoms with E-state index in [-0.39, 0.29) is 17.5 Å². The van der Waals surface area contributed by atoms with Gasteiger partial charge in [-0.1, -0.05) is 12.1 Å². The molecular weight excluding hydrogens is 269 g/mol. The SMILES string of the molecule is CC(C)(C)OCC(O)CNC(c1ccc(F)cc1)C1CC1. The monoisotopic (exact) mass is 295 g/mol. The van der Waals surface area contributed by atoms with Crippen LogP contribution in [-0.2, 0) is 4.74 Å². The molecular formula is C17H26FNO2. The summed E-state index contributed by atoms with van der Waals surface area (Å²) >= 11 is 0. The standard InChI is InChI=1S/C17H26FNO2/c1-17(2,3)21-11-15(20)10-19-16(12-4-5-12)13-6-8-14(18)9-7-13/h6-9,12,15-16,19-20H,4-5,10-11H2,1-3H3. The number of rotatable bonds is 7. The summed E-state index contributed by atoms with van der Waals surface area (Å²) in [6.45, 7) is 6.71. The van der Waals surface area contributed by atoms with Crippen LogP contribution >= 0.6 is 0 Å². The number of hydrogen-bond acceptors (Lipinski definition) is 3. The minimum absolute atomic E-state index is 0.190. The van der Waals surface area contributed by atoms with Crippen molar-refractivity contribution in [2.45, 2.75) is 51.4 Å². The van der Waals surface area contributed by atoms with Crippen molar-refractivity contribution in [1.29, 1.82) is 0 Å². The molecule has 1 fully saturated rings. The second kappa shape index (κ2) is 6.86. The largest absolute Gasteiger partial charge is 0.389 e. The highest BCUT2D eigenvalue weighted by atomic mass is 19.1. The van der Waals surface area contributed by atoms with Gasteiger partial charge in [0.1, 0.15) is 5.82 Å². The molecule has 4 heteroatoms. The fourth-order valence-corrected chi connectivity index (χ4v) is 2.32. The Morgan fingerprint density at radius 2 is 1.90 bits per heavy atom. The van der Waals surface area contributed by atoms with Crippen LogP contribution in [0, 0.1) is 11.7 Å². The molecule has 1 aromatic carbocycles. The number of aliphatic hydroxyl groups is 1. The first kappa shape index (κ1) is 16.4. The molecule has 0 aliphatic heterocycles. The first-order valence-corrected chi connectivity index (χ1v) is 7.66. The third-order valence-corrected chi connectivity index (χ3v) is 3.60. The van der Waals surface area contributed by atoms with E-state index in [1.54, 1.807) is 0 Å². The summed E-state index contributed by atoms with van der Waals surface area (Å²) in [4.78, 5) is 0. The Hall–Kier alpha value is -0.970. The van der Waals surface area contributed by atoms with E-state index in [4.69, 9.17) is 4.74 Å². The molecule has 1 aliphatic carbocycles. The summed E-state index contributed by atoms with van der Waals surface area (Å²) in [6.07, 6.45) is 1.83. The van der Waals surface area contributed by atoms with Gasteiger partial charge in [0, 0.05) is 12.6 Å². The molecule has 2 unspecified atom stereocenters. The van der Waals surface area contributed by atoms with E-state index in [0.717, 1.165) is 5.56 Å². The number of aliphatic hydroxyl groups excluding tert-OH is 1. The van der Waals surface area contributed by atoms with Crippen LogP contribution in [-0.4, -0.2) is 30.0 Å². The fraction of sp³-hybridized carbons (Fsp3) is 0.647. The lowest BCUT2D eigenvalue weighted by atomic mass is 10.0. The third-order valence-electron chi connectivity index (χ3n) is 3.60. The van der Waals surface area contributed by atoms with Crippen molar-refractivity contribution < 1.29 is 14.2 Å². The van der Waals surface area contributed by atoms with E-state index in [0.29, 0.717) is 19.1 Å². The van der Waals surface area contributed by atoms with Crippen molar-refractivity contribution in [1.82, 2.24) is 5.32 Å². The lowest BCUT2D eigenvalue weighted by molar-refractivity contribution is -0.0485. The molecule has 2 atom stereocenters. The van der Waals surface area contributed by atoms with Gasteiger partial charge >= 0.3 is 0 Å². The lowest BCUT2D eigenvalue weighted by Gasteiger charge is -2.24. The van der Waals surface area contributed by atoms with Gasteiger partial charge in [-0.15, -0.1) is 0 Å². The molecule has 0 spiro atoms. The van der Waals surface area contributed by atoms with Crippen LogP contribution in [0.3, 0.4) is 0 Å². The zero-order valence-corrected chi connectivity index (χ0v) is 13.1. The molecule has 21 heavy (non-hydrogen) atoms. The van der Waals surface area contributed by atoms with Gasteiger partial charge in [0.2, 0.25) is 0 Å². The number of nitrogens with one attached hydrogen (secondary N) is 1. The van der Waals surface area contributed by atoms with E-state index >= 15 is 0 Å². The van der Waals surface area contributed by atoms with Gasteiger partial charge in [0.05, 0.1) is 18.3 Å². The van der Waals surface area contributed by atoms with Crippen molar-refractivity contribution in [2.75, 3.05) is 13.2 Å². The molecule has 0 saturated heterocycles. The summed E-state index contributed by atoms with van der Waals surface area (Å²) in [5, 5.41) is 13.4. The summed E-state index contributed by atoms with van der Waals surface area (Å²) in [7, 11) is 0. The Bertz CT molecular complexity index is 437. The number of hydrogen-bond donors (Lipinski definition) is 2. The highest BCUT2D eigenvalue weighted by Gasteiger charge is 2.32. The van der Waals surface area contributed by atoms with Crippen LogP contribution in [0.15, 0.2) is 24.3 Å². The zero-order chi connectivity index (χ0) is 15.5. The van der Waals surface area contributed by atoms with Gasteiger partial charge in [-0.05, 0) is 57.2 Å². The van der Waals surface area contributed by atoms with Crippen LogP contribution in [0.4, 0.5) is 4.39 Å². The van der Waals surface area contributed by atoms with Gasteiger partial charge in [-0.2, -0.15) is 0 Å². The quantitative estimate of drug-likeness (QED) is 0.812. The minimum Gasteiger partial charge on any atom is -0.389 e. The van der Waals surface area contributed by atoms with Gasteiger partial charge in [-0.3, -0.25) is 0 Å². The second-order valence-electron chi connectivity index (χ2n) is 6.85. The molecule has 3 nitrogen and oxygen atoms in total. The Morgan fingerprint density at radius 3 is 2.43 bits per heavy atom. The smallest absolute Gasteiger partial charge is 0.123 e. The molecule has 0 radical (unpaired) electrons. The van der Waals surface area contributed by atoms with Crippen LogP contribution in [0.5, 0.6) is 0 Å². The average Bonchev–Trinajstić information content (AvgIpc) is 3.22. The van der Waals surface area contributed by atoms with Crippen molar-refractivity contribution in [3.05, 3.63) is 35.6 Å². The van der Waals surface area contributed by atoms with Gasteiger partial charge in [-0.25, -0.2) is 4.39 Å². The van der Waals surface area contributed by atoms with Crippen LogP contribution in [0.1, 0.15) is 45.2 Å². The Labute approximate surface area is 126 Å². The maximum atomic E-state index is 13.0. The summed E-state index contributed by atoms with van der Waals surface area (Å²) < 4.78 is 18.6. The van der Waals surface area contributed by atoms with Crippen molar-refractivity contribution in [3.8, 4) is 0 Å². The lowest BCUT2D eigenvalue weighted by Crippen LogP contribution is -2.36. The number of ether oxygens (including phenoxy) is 1. The van der Waals surface area contributed by atoms with Gasteiger partial charge in [0.15, 0.2) is 0 Å². The first-order valence-electron chi connectivity index (χ1n) is 7.66. The maximum Gasteiger partial charge on any atom is 0.123 e. The highest BCUT2D eigenvalue weighted by molar-refractivity contribution is 5.22. The Morgan fingerprint density at radius 1 is 1.29 bits per heavy atom. The van der Waals surface area contributed by atoms with E-state index in [9.17, 15) is 9.50 Å². The van der Waals surface area contributed by atoms with Crippen LogP contribution < -0.4 is 5.32 Å². The number of halogens is 1. The molecule has 2 rings (SSSR count). The fourth-order valence-electron chi connectivity index (χ4n) is 2.32. The Kier molecular flexibility index (Phi) is 5.36. The minimum atomic E-state index is -0.536. The second-order valence-corrected chi connectivity index (χ2v) is 6.85. The molecule has 1 saturated carbocycles. The van der Waals surface area contributed by atoms with Crippen molar-refractivity contribution in [2.24, 2.45) is 5.92 Å². The Balaban J connectivity index is 1.85. The van der Waals surface area contributed by atoms with Crippen molar-refractivity contribution >= 4 is 0 Å². The van der Waals surface area contributed by atoms with Crippen LogP contribution in [0.2, 0.25) is 0 Å². The summed E-state index contributed by atoms with van der Waals surface area (Å²) in [5.41, 5.74) is 0.844. The summed E-state index contributed by atoms with van der Waals surface area (Å²) in [6, 6.07) is 6.82. The topological polar surface area (TPSA) is 41.5 Å². The zero-order valence-electron chi connectivity index (χ0n) is 13.1. The van der Waals surface area contributed by atoms with Gasteiger partial charge in [0.25, 0.3) is 0 Å². The molecule has 0 bridgehead atoms. The van der Waals surface area contributed by atoms with Crippen LogP contribution in [0.25, 0.3) is 0 Å². The van der Waals surface area contributed by atoms with E-state index in [1.807, 2.05) is 32.9 Å². The molecule has 1 aliphatic rings. The normalized spacial score (nSPS) is 18.5. The molecule has 0 aromatic heterocycles. The summed E-state index contributed by atoms with van der Waals surface area (Å²) in [5.74, 6) is 0.373. The van der Waals surface area contributed by atoms with Crippen molar-refractivity contribution in [3.63, 3.8) is 0 Å². The number of benzene rings is 1. The molecule has 0 heterocycles. The predicted octanol–water partition coefficient (Wildman–Crippen LogP) is 3.04. The van der Waals surface area contributed by atoms with Gasteiger partial charge < -0.3 is 15.2 Å².